The van der Waals surface area contributed by atoms with Gasteiger partial charge in [0.15, 0.2) is 11.5 Å². The van der Waals surface area contributed by atoms with E-state index in [2.05, 4.69) is 11.4 Å². The molecule has 29 heavy (non-hydrogen) atoms. The molecule has 8 heteroatoms. The zero-order valence-electron chi connectivity index (χ0n) is 17.1. The summed E-state index contributed by atoms with van der Waals surface area (Å²) in [4.78, 5) is 13.2. The molecule has 0 unspecified atom stereocenters. The van der Waals surface area contributed by atoms with Crippen LogP contribution in [0.3, 0.4) is 0 Å². The first kappa shape index (κ1) is 21.0. The van der Waals surface area contributed by atoms with Gasteiger partial charge in [-0.05, 0) is 36.5 Å². The smallest absolute Gasteiger partial charge is 0.254 e. The first-order valence-corrected chi connectivity index (χ1v) is 11.2. The maximum Gasteiger partial charge on any atom is 0.254 e. The number of aryl methyl sites for hydroxylation is 1. The van der Waals surface area contributed by atoms with Gasteiger partial charge in [0.1, 0.15) is 0 Å². The second-order valence-corrected chi connectivity index (χ2v) is 9.09. The highest BCUT2D eigenvalue weighted by Gasteiger charge is 2.27. The van der Waals surface area contributed by atoms with Gasteiger partial charge in [-0.3, -0.25) is 9.10 Å². The number of rotatable bonds is 6. The largest absolute Gasteiger partial charge is 0.493 e. The first-order valence-electron chi connectivity index (χ1n) is 9.35. The number of nitrogens with one attached hydrogen (secondary N) is 1. The number of ether oxygens (including phenoxy) is 2. The lowest BCUT2D eigenvalue weighted by atomic mass is 9.87. The number of fused-ring (bicyclic) bond motifs is 1. The van der Waals surface area contributed by atoms with Gasteiger partial charge in [-0.15, -0.1) is 0 Å². The van der Waals surface area contributed by atoms with Crippen LogP contribution in [0.2, 0.25) is 0 Å². The van der Waals surface area contributed by atoms with E-state index in [1.165, 1.54) is 39.0 Å². The normalized spacial score (nSPS) is 15.9. The molecule has 1 atom stereocenters. The molecule has 2 aromatic rings. The number of amides is 1. The summed E-state index contributed by atoms with van der Waals surface area (Å²) in [7, 11) is 0.753. The van der Waals surface area contributed by atoms with Crippen LogP contribution in [0.25, 0.3) is 0 Å². The highest BCUT2D eigenvalue weighted by Crippen LogP contribution is 2.36. The van der Waals surface area contributed by atoms with E-state index in [1.54, 1.807) is 0 Å². The average Bonchev–Trinajstić information content (AvgIpc) is 2.71. The predicted molar refractivity (Wildman–Crippen MR) is 112 cm³/mol. The van der Waals surface area contributed by atoms with Gasteiger partial charge < -0.3 is 14.8 Å². The number of sulfonamides is 1. The SMILES string of the molecule is COc1cc(C(=O)N[C@H]2CCCc3ccccc32)c(N(C)S(C)(=O)=O)cc1OC. The second-order valence-electron chi connectivity index (χ2n) is 7.07. The summed E-state index contributed by atoms with van der Waals surface area (Å²) >= 11 is 0. The van der Waals surface area contributed by atoms with Crippen molar-refractivity contribution in [2.45, 2.75) is 25.3 Å². The summed E-state index contributed by atoms with van der Waals surface area (Å²) in [5.41, 5.74) is 2.76. The monoisotopic (exact) mass is 418 g/mol. The quantitative estimate of drug-likeness (QED) is 0.780. The van der Waals surface area contributed by atoms with E-state index in [9.17, 15) is 13.2 Å². The van der Waals surface area contributed by atoms with E-state index >= 15 is 0 Å². The van der Waals surface area contributed by atoms with Crippen LogP contribution in [0, 0.1) is 0 Å². The van der Waals surface area contributed by atoms with Gasteiger partial charge >= 0.3 is 0 Å². The minimum atomic E-state index is -3.58. The fourth-order valence-corrected chi connectivity index (χ4v) is 4.14. The molecule has 156 valence electrons. The third-order valence-corrected chi connectivity index (χ3v) is 6.45. The van der Waals surface area contributed by atoms with Crippen molar-refractivity contribution in [1.29, 1.82) is 0 Å². The van der Waals surface area contributed by atoms with Crippen molar-refractivity contribution in [3.05, 3.63) is 53.1 Å². The van der Waals surface area contributed by atoms with Crippen molar-refractivity contribution in [3.8, 4) is 11.5 Å². The molecule has 1 amide bonds. The van der Waals surface area contributed by atoms with Gasteiger partial charge in [0.05, 0.1) is 37.8 Å². The summed E-state index contributed by atoms with van der Waals surface area (Å²) in [6, 6.07) is 10.9. The van der Waals surface area contributed by atoms with Crippen LogP contribution in [0.4, 0.5) is 5.69 Å². The fraction of sp³-hybridized carbons (Fsp3) is 0.381. The molecular formula is C21H26N2O5S. The van der Waals surface area contributed by atoms with E-state index in [-0.39, 0.29) is 23.2 Å². The lowest BCUT2D eigenvalue weighted by molar-refractivity contribution is 0.0933. The number of carbonyl (C=O) groups excluding carboxylic acids is 1. The molecule has 0 aromatic heterocycles. The van der Waals surface area contributed by atoms with Crippen molar-refractivity contribution in [2.75, 3.05) is 31.8 Å². The average molecular weight is 419 g/mol. The second kappa shape index (κ2) is 8.32. The zero-order chi connectivity index (χ0) is 21.2. The lowest BCUT2D eigenvalue weighted by Gasteiger charge is -2.27. The summed E-state index contributed by atoms with van der Waals surface area (Å²) in [6.07, 6.45) is 3.88. The molecule has 0 fully saturated rings. The highest BCUT2D eigenvalue weighted by molar-refractivity contribution is 7.92. The van der Waals surface area contributed by atoms with E-state index in [1.807, 2.05) is 18.2 Å². The summed E-state index contributed by atoms with van der Waals surface area (Å²) < 4.78 is 36.0. The molecule has 3 rings (SSSR count). The Labute approximate surface area is 171 Å². The van der Waals surface area contributed by atoms with Crippen molar-refractivity contribution in [1.82, 2.24) is 5.32 Å². The van der Waals surface area contributed by atoms with Crippen LogP contribution >= 0.6 is 0 Å². The van der Waals surface area contributed by atoms with E-state index < -0.39 is 10.0 Å². The first-order chi connectivity index (χ1) is 13.8. The van der Waals surface area contributed by atoms with E-state index in [0.29, 0.717) is 11.5 Å². The van der Waals surface area contributed by atoms with Crippen molar-refractivity contribution in [2.24, 2.45) is 0 Å². The van der Waals surface area contributed by atoms with Crippen LogP contribution in [0.15, 0.2) is 36.4 Å². The van der Waals surface area contributed by atoms with Crippen LogP contribution in [-0.4, -0.2) is 41.8 Å². The number of methoxy groups -OCH3 is 2. The van der Waals surface area contributed by atoms with Gasteiger partial charge in [0, 0.05) is 13.1 Å². The molecule has 2 aromatic carbocycles. The molecule has 0 saturated heterocycles. The molecule has 0 aliphatic heterocycles. The summed E-state index contributed by atoms with van der Waals surface area (Å²) in [6.45, 7) is 0. The minimum absolute atomic E-state index is 0.128. The number of nitrogens with zero attached hydrogens (tertiary/aromatic N) is 1. The molecule has 1 N–H and O–H groups in total. The van der Waals surface area contributed by atoms with Crippen molar-refractivity contribution in [3.63, 3.8) is 0 Å². The molecular weight excluding hydrogens is 392 g/mol. The topological polar surface area (TPSA) is 84.9 Å². The van der Waals surface area contributed by atoms with Crippen LogP contribution in [0.1, 0.15) is 40.4 Å². The Hall–Kier alpha value is -2.74. The molecule has 1 aliphatic carbocycles. The minimum Gasteiger partial charge on any atom is -0.493 e. The van der Waals surface area contributed by atoms with Gasteiger partial charge in [-0.2, -0.15) is 0 Å². The maximum atomic E-state index is 13.2. The summed E-state index contributed by atoms with van der Waals surface area (Å²) in [5, 5.41) is 3.07. The van der Waals surface area contributed by atoms with Crippen LogP contribution in [0.5, 0.6) is 11.5 Å². The van der Waals surface area contributed by atoms with Gasteiger partial charge in [-0.1, -0.05) is 24.3 Å². The van der Waals surface area contributed by atoms with Crippen LogP contribution < -0.4 is 19.1 Å². The molecule has 1 aliphatic rings. The molecule has 0 radical (unpaired) electrons. The van der Waals surface area contributed by atoms with E-state index in [4.69, 9.17) is 9.47 Å². The molecule has 0 spiro atoms. The standard InChI is InChI=1S/C21H26N2O5S/c1-23(29(4,25)26)18-13-20(28-3)19(27-2)12-16(18)21(24)22-17-11-7-9-14-8-5-6-10-15(14)17/h5-6,8,10,12-13,17H,7,9,11H2,1-4H3,(H,22,24)/t17-/m0/s1. The fourth-order valence-electron chi connectivity index (χ4n) is 3.63. The maximum absolute atomic E-state index is 13.2. The molecule has 0 bridgehead atoms. The van der Waals surface area contributed by atoms with E-state index in [0.717, 1.165) is 35.4 Å². The Kier molecular flexibility index (Phi) is 6.02. The molecule has 0 heterocycles. The number of anilines is 1. The number of carbonyl (C=O) groups is 1. The third kappa shape index (κ3) is 4.32. The number of benzene rings is 2. The Morgan fingerprint density at radius 3 is 2.45 bits per heavy atom. The van der Waals surface area contributed by atoms with Crippen molar-refractivity contribution >= 4 is 21.6 Å². The van der Waals surface area contributed by atoms with Gasteiger partial charge in [-0.25, -0.2) is 8.42 Å². The number of hydrogen-bond acceptors (Lipinski definition) is 5. The Morgan fingerprint density at radius 2 is 1.79 bits per heavy atom. The molecule has 0 saturated carbocycles. The zero-order valence-corrected chi connectivity index (χ0v) is 17.9. The Morgan fingerprint density at radius 1 is 1.14 bits per heavy atom. The van der Waals surface area contributed by atoms with Crippen LogP contribution in [-0.2, 0) is 16.4 Å². The Bertz CT molecular complexity index is 1020. The molecule has 7 nitrogen and oxygen atoms in total. The highest BCUT2D eigenvalue weighted by atomic mass is 32.2. The lowest BCUT2D eigenvalue weighted by Crippen LogP contribution is -2.33. The van der Waals surface area contributed by atoms with Gasteiger partial charge in [0.25, 0.3) is 5.91 Å². The third-order valence-electron chi connectivity index (χ3n) is 5.26. The van der Waals surface area contributed by atoms with Gasteiger partial charge in [0.2, 0.25) is 10.0 Å². The Balaban J connectivity index is 2.02. The summed E-state index contributed by atoms with van der Waals surface area (Å²) in [5.74, 6) is 0.336. The number of hydrogen-bond donors (Lipinski definition) is 1. The predicted octanol–water partition coefficient (Wildman–Crippen LogP) is 2.91. The van der Waals surface area contributed by atoms with Crippen molar-refractivity contribution < 1.29 is 22.7 Å².